The number of nitro groups is 1. The van der Waals surface area contributed by atoms with Crippen LogP contribution in [0.3, 0.4) is 0 Å². The summed E-state index contributed by atoms with van der Waals surface area (Å²) in [6.45, 7) is 2.24. The number of ether oxygens (including phenoxy) is 1. The second-order valence-corrected chi connectivity index (χ2v) is 2.62. The molecule has 0 spiro atoms. The van der Waals surface area contributed by atoms with Gasteiger partial charge in [-0.3, -0.25) is 4.79 Å². The first-order valence-electron chi connectivity index (χ1n) is 4.33. The fourth-order valence-electron chi connectivity index (χ4n) is 0.915. The van der Waals surface area contributed by atoms with Crippen molar-refractivity contribution < 1.29 is 14.5 Å². The van der Waals surface area contributed by atoms with Gasteiger partial charge in [-0.15, -0.1) is 0 Å². The molecule has 1 heterocycles. The average Bonchev–Trinajstić information content (AvgIpc) is 2.63. The summed E-state index contributed by atoms with van der Waals surface area (Å²) >= 11 is 0. The highest BCUT2D eigenvalue weighted by Crippen LogP contribution is 2.00. The molecule has 0 saturated carbocycles. The number of carbonyl (C=O) groups is 1. The topological polar surface area (TPSA) is 100 Å². The number of esters is 1. The summed E-state index contributed by atoms with van der Waals surface area (Å²) in [6.07, 6.45) is 1.33. The van der Waals surface area contributed by atoms with Crippen molar-refractivity contribution in [1.82, 2.24) is 14.8 Å². The zero-order valence-corrected chi connectivity index (χ0v) is 8.12. The molecule has 82 valence electrons. The first-order chi connectivity index (χ1) is 7.13. The normalized spacial score (nSPS) is 9.93. The van der Waals surface area contributed by atoms with Crippen LogP contribution < -0.4 is 0 Å². The minimum atomic E-state index is -0.694. The monoisotopic (exact) mass is 214 g/mol. The summed E-state index contributed by atoms with van der Waals surface area (Å²) in [7, 11) is 0. The van der Waals surface area contributed by atoms with Gasteiger partial charge in [-0.05, 0) is 11.8 Å². The van der Waals surface area contributed by atoms with Crippen LogP contribution in [-0.4, -0.2) is 32.3 Å². The molecule has 0 aliphatic heterocycles. The van der Waals surface area contributed by atoms with E-state index < -0.39 is 10.9 Å². The van der Waals surface area contributed by atoms with Crippen LogP contribution >= 0.6 is 0 Å². The number of aromatic nitrogens is 3. The summed E-state index contributed by atoms with van der Waals surface area (Å²) in [5, 5.41) is 13.8. The molecule has 0 bridgehead atoms. The smallest absolute Gasteiger partial charge is 0.466 e. The van der Waals surface area contributed by atoms with Crippen molar-refractivity contribution >= 4 is 11.9 Å². The number of hydrogen-bond donors (Lipinski definition) is 0. The Balaban J connectivity index is 2.44. The van der Waals surface area contributed by atoms with Crippen molar-refractivity contribution in [3.63, 3.8) is 0 Å². The summed E-state index contributed by atoms with van der Waals surface area (Å²) in [5.74, 6) is -0.838. The predicted octanol–water partition coefficient (Wildman–Crippen LogP) is 0.139. The van der Waals surface area contributed by atoms with Gasteiger partial charge in [0.2, 0.25) is 6.33 Å². The van der Waals surface area contributed by atoms with E-state index in [0.717, 1.165) is 0 Å². The Kier molecular flexibility index (Phi) is 3.72. The number of nitrogens with zero attached hydrogens (tertiary/aromatic N) is 4. The highest BCUT2D eigenvalue weighted by atomic mass is 16.6. The Hall–Kier alpha value is -1.99. The molecule has 0 atom stereocenters. The van der Waals surface area contributed by atoms with Gasteiger partial charge in [0.25, 0.3) is 0 Å². The van der Waals surface area contributed by atoms with E-state index in [9.17, 15) is 14.9 Å². The zero-order valence-electron chi connectivity index (χ0n) is 8.12. The first-order valence-corrected chi connectivity index (χ1v) is 4.33. The van der Waals surface area contributed by atoms with Gasteiger partial charge in [-0.1, -0.05) is 4.98 Å². The Morgan fingerprint density at radius 3 is 3.00 bits per heavy atom. The predicted molar refractivity (Wildman–Crippen MR) is 47.9 cm³/mol. The third kappa shape index (κ3) is 3.33. The van der Waals surface area contributed by atoms with Gasteiger partial charge in [0.05, 0.1) is 19.6 Å². The Bertz CT molecular complexity index is 362. The molecule has 8 nitrogen and oxygen atoms in total. The fraction of sp³-hybridized carbons (Fsp3) is 0.571. The highest BCUT2D eigenvalue weighted by molar-refractivity contribution is 5.69. The largest absolute Gasteiger partial charge is 0.490 e. The van der Waals surface area contributed by atoms with Crippen molar-refractivity contribution in [2.24, 2.45) is 0 Å². The van der Waals surface area contributed by atoms with Gasteiger partial charge >= 0.3 is 11.9 Å². The maximum atomic E-state index is 10.9. The molecule has 0 amide bonds. The molecule has 0 saturated heterocycles. The van der Waals surface area contributed by atoms with E-state index in [2.05, 4.69) is 14.8 Å². The molecule has 15 heavy (non-hydrogen) atoms. The lowest BCUT2D eigenvalue weighted by atomic mass is 10.4. The molecule has 8 heteroatoms. The standard InChI is InChI=1S/C7H10N4O4/c1-2-15-6(12)3-4-10-5-8-7(9-10)11(13)14/h5H,2-4H2,1H3. The van der Waals surface area contributed by atoms with Crippen molar-refractivity contribution in [2.45, 2.75) is 19.9 Å². The quantitative estimate of drug-likeness (QED) is 0.392. The van der Waals surface area contributed by atoms with Crippen LogP contribution in [0, 0.1) is 10.1 Å². The fourth-order valence-corrected chi connectivity index (χ4v) is 0.915. The summed E-state index contributed by atoms with van der Waals surface area (Å²) in [6, 6.07) is 0. The van der Waals surface area contributed by atoms with Crippen LogP contribution in [0.15, 0.2) is 6.33 Å². The molecular formula is C7H10N4O4. The van der Waals surface area contributed by atoms with Crippen molar-refractivity contribution in [3.8, 4) is 0 Å². The molecule has 1 aromatic heterocycles. The zero-order chi connectivity index (χ0) is 11.3. The Labute approximate surface area is 85.0 Å². The number of carbonyl (C=O) groups excluding carboxylic acids is 1. The first kappa shape index (κ1) is 11.1. The third-order valence-corrected chi connectivity index (χ3v) is 1.54. The van der Waals surface area contributed by atoms with Crippen LogP contribution in [0.4, 0.5) is 5.95 Å². The molecule has 0 aromatic carbocycles. The molecule has 0 N–H and O–H groups in total. The van der Waals surface area contributed by atoms with Crippen LogP contribution in [0.2, 0.25) is 0 Å². The summed E-state index contributed by atoms with van der Waals surface area (Å²) in [4.78, 5) is 23.9. The Morgan fingerprint density at radius 2 is 2.47 bits per heavy atom. The lowest BCUT2D eigenvalue weighted by Crippen LogP contribution is -2.09. The van der Waals surface area contributed by atoms with Gasteiger partial charge in [0.15, 0.2) is 0 Å². The van der Waals surface area contributed by atoms with Gasteiger partial charge < -0.3 is 14.9 Å². The Morgan fingerprint density at radius 1 is 1.73 bits per heavy atom. The second-order valence-electron chi connectivity index (χ2n) is 2.62. The van der Waals surface area contributed by atoms with Crippen LogP contribution in [0.5, 0.6) is 0 Å². The van der Waals surface area contributed by atoms with E-state index in [1.807, 2.05) is 0 Å². The minimum absolute atomic E-state index is 0.119. The highest BCUT2D eigenvalue weighted by Gasteiger charge is 2.13. The molecule has 1 aromatic rings. The van der Waals surface area contributed by atoms with Crippen molar-refractivity contribution in [1.29, 1.82) is 0 Å². The van der Waals surface area contributed by atoms with E-state index in [-0.39, 0.29) is 18.9 Å². The van der Waals surface area contributed by atoms with Crippen LogP contribution in [-0.2, 0) is 16.1 Å². The summed E-state index contributed by atoms with van der Waals surface area (Å²) in [5.41, 5.74) is 0. The van der Waals surface area contributed by atoms with Gasteiger partial charge in [0.1, 0.15) is 0 Å². The van der Waals surface area contributed by atoms with E-state index in [1.54, 1.807) is 6.92 Å². The molecule has 0 fully saturated rings. The van der Waals surface area contributed by atoms with E-state index in [0.29, 0.717) is 6.61 Å². The number of hydrogen-bond acceptors (Lipinski definition) is 6. The molecule has 0 radical (unpaired) electrons. The third-order valence-electron chi connectivity index (χ3n) is 1.54. The van der Waals surface area contributed by atoms with Gasteiger partial charge in [-0.2, -0.15) is 4.68 Å². The van der Waals surface area contributed by atoms with E-state index in [4.69, 9.17) is 0 Å². The maximum Gasteiger partial charge on any atom is 0.490 e. The molecular weight excluding hydrogens is 204 g/mol. The summed E-state index contributed by atoms with van der Waals surface area (Å²) < 4.78 is 5.91. The average molecular weight is 214 g/mol. The minimum Gasteiger partial charge on any atom is -0.466 e. The molecule has 0 unspecified atom stereocenters. The lowest BCUT2D eigenvalue weighted by molar-refractivity contribution is -0.394. The van der Waals surface area contributed by atoms with Crippen LogP contribution in [0.1, 0.15) is 13.3 Å². The maximum absolute atomic E-state index is 10.9. The lowest BCUT2D eigenvalue weighted by Gasteiger charge is -1.98. The van der Waals surface area contributed by atoms with Crippen molar-refractivity contribution in [2.75, 3.05) is 6.61 Å². The number of rotatable bonds is 5. The SMILES string of the molecule is CCOC(=O)CCn1cnc([N+](=O)[O-])n1. The van der Waals surface area contributed by atoms with E-state index in [1.165, 1.54) is 11.0 Å². The van der Waals surface area contributed by atoms with Crippen molar-refractivity contribution in [3.05, 3.63) is 16.4 Å². The van der Waals surface area contributed by atoms with Gasteiger partial charge in [0, 0.05) is 5.10 Å². The molecule has 0 aliphatic rings. The van der Waals surface area contributed by atoms with Gasteiger partial charge in [-0.25, -0.2) is 0 Å². The molecule has 1 rings (SSSR count). The van der Waals surface area contributed by atoms with Crippen LogP contribution in [0.25, 0.3) is 0 Å². The van der Waals surface area contributed by atoms with E-state index >= 15 is 0 Å². The second kappa shape index (κ2) is 5.03. The molecule has 0 aliphatic carbocycles. The number of aryl methyl sites for hydroxylation is 1.